The van der Waals surface area contributed by atoms with Gasteiger partial charge in [0.05, 0.1) is 5.69 Å². The van der Waals surface area contributed by atoms with E-state index in [0.29, 0.717) is 17.1 Å². The van der Waals surface area contributed by atoms with Crippen molar-refractivity contribution in [2.75, 3.05) is 5.73 Å². The number of nitrogen functional groups attached to an aromatic ring is 1. The molecule has 0 saturated carbocycles. The average molecular weight is 218 g/mol. The van der Waals surface area contributed by atoms with Crippen molar-refractivity contribution < 1.29 is 5.11 Å². The van der Waals surface area contributed by atoms with Gasteiger partial charge in [0, 0.05) is 25.0 Å². The molecule has 1 atom stereocenters. The summed E-state index contributed by atoms with van der Waals surface area (Å²) in [6.07, 6.45) is 2.58. The maximum Gasteiger partial charge on any atom is 0.129 e. The van der Waals surface area contributed by atoms with Crippen molar-refractivity contribution in [3.63, 3.8) is 0 Å². The Bertz CT molecular complexity index is 486. The van der Waals surface area contributed by atoms with E-state index in [9.17, 15) is 5.11 Å². The van der Waals surface area contributed by atoms with Gasteiger partial charge in [0.2, 0.25) is 0 Å². The van der Waals surface area contributed by atoms with E-state index in [1.165, 1.54) is 0 Å². The first-order valence-corrected chi connectivity index (χ1v) is 4.98. The normalized spacial score (nSPS) is 12.7. The number of aromatic nitrogens is 3. The largest absolute Gasteiger partial charge is 0.383 e. The number of aryl methyl sites for hydroxylation is 2. The highest BCUT2D eigenvalue weighted by Gasteiger charge is 2.18. The molecule has 0 aliphatic heterocycles. The highest BCUT2D eigenvalue weighted by Crippen LogP contribution is 2.26. The number of aliphatic hydroxyl groups is 1. The second-order valence-corrected chi connectivity index (χ2v) is 3.74. The van der Waals surface area contributed by atoms with Crippen LogP contribution in [0.5, 0.6) is 0 Å². The molecule has 0 amide bonds. The van der Waals surface area contributed by atoms with Gasteiger partial charge in [0.1, 0.15) is 11.9 Å². The molecule has 0 aromatic carbocycles. The Balaban J connectivity index is 2.45. The van der Waals surface area contributed by atoms with Crippen LogP contribution >= 0.6 is 0 Å². The second kappa shape index (κ2) is 3.94. The van der Waals surface area contributed by atoms with Gasteiger partial charge in [-0.15, -0.1) is 0 Å². The van der Waals surface area contributed by atoms with Crippen molar-refractivity contribution in [2.45, 2.75) is 13.0 Å². The molecule has 0 aliphatic carbocycles. The molecule has 2 aromatic rings. The zero-order valence-electron chi connectivity index (χ0n) is 9.25. The fourth-order valence-corrected chi connectivity index (χ4v) is 1.67. The molecule has 0 bridgehead atoms. The first-order valence-electron chi connectivity index (χ1n) is 4.98. The molecule has 0 fully saturated rings. The Kier molecular flexibility index (Phi) is 2.62. The molecule has 5 nitrogen and oxygen atoms in total. The minimum absolute atomic E-state index is 0.346. The Hall–Kier alpha value is -1.88. The molecule has 16 heavy (non-hydrogen) atoms. The molecule has 3 N–H and O–H groups in total. The summed E-state index contributed by atoms with van der Waals surface area (Å²) in [4.78, 5) is 3.98. The van der Waals surface area contributed by atoms with Crippen molar-refractivity contribution in [3.05, 3.63) is 41.3 Å². The highest BCUT2D eigenvalue weighted by atomic mass is 16.3. The first-order chi connectivity index (χ1) is 7.59. The molecule has 5 heteroatoms. The van der Waals surface area contributed by atoms with E-state index < -0.39 is 6.10 Å². The number of anilines is 1. The van der Waals surface area contributed by atoms with Crippen LogP contribution in [-0.4, -0.2) is 19.9 Å². The molecule has 1 unspecified atom stereocenters. The number of pyridine rings is 1. The molecular formula is C11H14N4O. The van der Waals surface area contributed by atoms with Crippen LogP contribution < -0.4 is 5.73 Å². The highest BCUT2D eigenvalue weighted by molar-refractivity contribution is 5.47. The van der Waals surface area contributed by atoms with E-state index in [1.54, 1.807) is 30.2 Å². The summed E-state index contributed by atoms with van der Waals surface area (Å²) in [7, 11) is 1.80. The molecule has 2 aromatic heterocycles. The number of rotatable bonds is 2. The first kappa shape index (κ1) is 10.6. The number of hydrogen-bond acceptors (Lipinski definition) is 4. The zero-order valence-corrected chi connectivity index (χ0v) is 9.25. The summed E-state index contributed by atoms with van der Waals surface area (Å²) >= 11 is 0. The quantitative estimate of drug-likeness (QED) is 0.781. The van der Waals surface area contributed by atoms with E-state index in [0.717, 1.165) is 5.56 Å². The molecule has 2 rings (SSSR count). The summed E-state index contributed by atoms with van der Waals surface area (Å²) in [5.41, 5.74) is 7.87. The maximum absolute atomic E-state index is 10.2. The third kappa shape index (κ3) is 1.77. The van der Waals surface area contributed by atoms with Gasteiger partial charge >= 0.3 is 0 Å². The van der Waals surface area contributed by atoms with Gasteiger partial charge in [-0.3, -0.25) is 4.68 Å². The lowest BCUT2D eigenvalue weighted by atomic mass is 10.0. The third-order valence-corrected chi connectivity index (χ3v) is 2.53. The van der Waals surface area contributed by atoms with E-state index in [1.807, 2.05) is 13.0 Å². The molecule has 84 valence electrons. The molecule has 0 aliphatic rings. The van der Waals surface area contributed by atoms with E-state index >= 15 is 0 Å². The molecule has 0 spiro atoms. The minimum Gasteiger partial charge on any atom is -0.383 e. The minimum atomic E-state index is -0.824. The van der Waals surface area contributed by atoms with Crippen LogP contribution in [0.3, 0.4) is 0 Å². The summed E-state index contributed by atoms with van der Waals surface area (Å²) in [5, 5.41) is 14.3. The van der Waals surface area contributed by atoms with Crippen molar-refractivity contribution in [1.82, 2.24) is 14.8 Å². The predicted molar refractivity (Wildman–Crippen MR) is 60.7 cm³/mol. The van der Waals surface area contributed by atoms with Gasteiger partial charge in [-0.2, -0.15) is 5.10 Å². The maximum atomic E-state index is 10.2. The van der Waals surface area contributed by atoms with Crippen LogP contribution in [0.2, 0.25) is 0 Å². The summed E-state index contributed by atoms with van der Waals surface area (Å²) < 4.78 is 1.64. The Labute approximate surface area is 93.5 Å². The van der Waals surface area contributed by atoms with Gasteiger partial charge in [-0.1, -0.05) is 0 Å². The fraction of sp³-hybridized carbons (Fsp3) is 0.273. The molecular weight excluding hydrogens is 204 g/mol. The van der Waals surface area contributed by atoms with Crippen LogP contribution in [0, 0.1) is 6.92 Å². The van der Waals surface area contributed by atoms with Crippen molar-refractivity contribution in [3.8, 4) is 0 Å². The number of hydrogen-bond donors (Lipinski definition) is 2. The average Bonchev–Trinajstić information content (AvgIpc) is 2.64. The van der Waals surface area contributed by atoms with Crippen LogP contribution in [0.25, 0.3) is 0 Å². The second-order valence-electron chi connectivity index (χ2n) is 3.74. The fourth-order valence-electron chi connectivity index (χ4n) is 1.67. The SMILES string of the molecule is Cc1ccnc(N)c1C(O)c1ccn(C)n1. The van der Waals surface area contributed by atoms with Gasteiger partial charge < -0.3 is 10.8 Å². The summed E-state index contributed by atoms with van der Waals surface area (Å²) in [6, 6.07) is 3.58. The van der Waals surface area contributed by atoms with Crippen LogP contribution in [0.1, 0.15) is 22.9 Å². The van der Waals surface area contributed by atoms with Crippen LogP contribution in [0.15, 0.2) is 24.5 Å². The Morgan fingerprint density at radius 2 is 2.19 bits per heavy atom. The van der Waals surface area contributed by atoms with Gasteiger partial charge in [-0.25, -0.2) is 4.98 Å². The third-order valence-electron chi connectivity index (χ3n) is 2.53. The molecule has 2 heterocycles. The zero-order chi connectivity index (χ0) is 11.7. The molecule has 0 saturated heterocycles. The van der Waals surface area contributed by atoms with Crippen LogP contribution in [0.4, 0.5) is 5.82 Å². The van der Waals surface area contributed by atoms with E-state index in [4.69, 9.17) is 5.73 Å². The Morgan fingerprint density at radius 1 is 1.44 bits per heavy atom. The number of nitrogens with zero attached hydrogens (tertiary/aromatic N) is 3. The van der Waals surface area contributed by atoms with Gasteiger partial charge in [0.25, 0.3) is 0 Å². The summed E-state index contributed by atoms with van der Waals surface area (Å²) in [5.74, 6) is 0.346. The van der Waals surface area contributed by atoms with Crippen molar-refractivity contribution in [2.24, 2.45) is 7.05 Å². The van der Waals surface area contributed by atoms with E-state index in [2.05, 4.69) is 10.1 Å². The Morgan fingerprint density at radius 3 is 2.75 bits per heavy atom. The molecule has 0 radical (unpaired) electrons. The van der Waals surface area contributed by atoms with Gasteiger partial charge in [-0.05, 0) is 24.6 Å². The predicted octanol–water partition coefficient (Wildman–Crippen LogP) is 0.787. The van der Waals surface area contributed by atoms with E-state index in [-0.39, 0.29) is 0 Å². The van der Waals surface area contributed by atoms with Gasteiger partial charge in [0.15, 0.2) is 0 Å². The smallest absolute Gasteiger partial charge is 0.129 e. The lowest BCUT2D eigenvalue weighted by Crippen LogP contribution is -2.08. The van der Waals surface area contributed by atoms with Crippen LogP contribution in [-0.2, 0) is 7.05 Å². The van der Waals surface area contributed by atoms with Crippen molar-refractivity contribution >= 4 is 5.82 Å². The lowest BCUT2D eigenvalue weighted by molar-refractivity contribution is 0.214. The lowest BCUT2D eigenvalue weighted by Gasteiger charge is -2.13. The monoisotopic (exact) mass is 218 g/mol. The summed E-state index contributed by atoms with van der Waals surface area (Å²) in [6.45, 7) is 1.89. The standard InChI is InChI=1S/C11H14N4O/c1-7-3-5-13-11(12)9(7)10(16)8-4-6-15(2)14-8/h3-6,10,16H,1-2H3,(H2,12,13). The van der Waals surface area contributed by atoms with Crippen molar-refractivity contribution in [1.29, 1.82) is 0 Å². The number of nitrogens with two attached hydrogens (primary N) is 1. The topological polar surface area (TPSA) is 77.0 Å². The number of aliphatic hydroxyl groups excluding tert-OH is 1.